The number of benzene rings is 2. The third kappa shape index (κ3) is 2.13. The van der Waals surface area contributed by atoms with Gasteiger partial charge in [0.1, 0.15) is 0 Å². The van der Waals surface area contributed by atoms with E-state index in [1.165, 1.54) is 12.1 Å². The minimum Gasteiger partial charge on any atom is -0.366 e. The Morgan fingerprint density at radius 1 is 1.17 bits per heavy atom. The van der Waals surface area contributed by atoms with Gasteiger partial charge in [-0.25, -0.2) is 0 Å². The van der Waals surface area contributed by atoms with Gasteiger partial charge >= 0.3 is 0 Å². The number of hydrogen-bond acceptors (Lipinski definition) is 3. The monoisotopic (exact) mass is 266 g/mol. The van der Waals surface area contributed by atoms with E-state index >= 15 is 0 Å². The zero-order valence-electron chi connectivity index (χ0n) is 8.95. The molecule has 0 aliphatic heterocycles. The minimum absolute atomic E-state index is 0.0693. The van der Waals surface area contributed by atoms with Gasteiger partial charge in [-0.15, -0.1) is 0 Å². The third-order valence-corrected chi connectivity index (χ3v) is 3.29. The Labute approximate surface area is 102 Å². The molecule has 0 aromatic heterocycles. The number of hydrogen-bond donors (Lipinski definition) is 2. The first kappa shape index (κ1) is 12.3. The van der Waals surface area contributed by atoms with Crippen LogP contribution in [0.2, 0.25) is 0 Å². The van der Waals surface area contributed by atoms with Gasteiger partial charge in [-0.2, -0.15) is 8.42 Å². The normalized spacial score (nSPS) is 11.6. The second-order valence-corrected chi connectivity index (χ2v) is 5.11. The van der Waals surface area contributed by atoms with E-state index in [9.17, 15) is 18.3 Å². The van der Waals surface area contributed by atoms with Gasteiger partial charge in [0.25, 0.3) is 10.1 Å². The van der Waals surface area contributed by atoms with Gasteiger partial charge in [-0.1, -0.05) is 0 Å². The van der Waals surface area contributed by atoms with Crippen LogP contribution in [0.4, 0.5) is 0 Å². The van der Waals surface area contributed by atoms with Crippen LogP contribution in [0.5, 0.6) is 5.75 Å². The molecule has 0 aliphatic rings. The first-order valence-electron chi connectivity index (χ1n) is 4.81. The summed E-state index contributed by atoms with van der Waals surface area (Å²) in [5, 5.41) is 11.8. The van der Waals surface area contributed by atoms with Crippen LogP contribution in [-0.2, 0) is 15.2 Å². The molecule has 0 atom stereocenters. The maximum Gasteiger partial charge on any atom is 0.294 e. The second-order valence-electron chi connectivity index (χ2n) is 3.69. The van der Waals surface area contributed by atoms with E-state index in [0.717, 1.165) is 18.2 Å². The second kappa shape index (κ2) is 3.97. The first-order valence-corrected chi connectivity index (χ1v) is 6.25. The lowest BCUT2D eigenvalue weighted by Gasteiger charge is -2.06. The summed E-state index contributed by atoms with van der Waals surface area (Å²) in [6.45, 7) is 0. The quantitative estimate of drug-likeness (QED) is 0.797. The Morgan fingerprint density at radius 3 is 2.39 bits per heavy atom. The molecule has 0 spiro atoms. The summed E-state index contributed by atoms with van der Waals surface area (Å²) in [5.41, 5.74) is 5.07. The zero-order valence-corrected chi connectivity index (χ0v) is 9.77. The SMILES string of the molecule is NC(=O)c1cc(S(=O)(=O)O)cc2cc([O])ccc12. The van der Waals surface area contributed by atoms with Crippen LogP contribution in [0.15, 0.2) is 35.2 Å². The lowest BCUT2D eigenvalue weighted by atomic mass is 10.0. The highest BCUT2D eigenvalue weighted by Gasteiger charge is 2.16. The molecule has 0 saturated carbocycles. The van der Waals surface area contributed by atoms with Crippen molar-refractivity contribution in [1.29, 1.82) is 0 Å². The van der Waals surface area contributed by atoms with Crippen LogP contribution in [0, 0.1) is 0 Å². The van der Waals surface area contributed by atoms with E-state index in [4.69, 9.17) is 10.3 Å². The topological polar surface area (TPSA) is 117 Å². The summed E-state index contributed by atoms with van der Waals surface area (Å²) in [4.78, 5) is 10.8. The van der Waals surface area contributed by atoms with Gasteiger partial charge in [0.15, 0.2) is 5.75 Å². The highest BCUT2D eigenvalue weighted by atomic mass is 32.2. The van der Waals surface area contributed by atoms with Crippen LogP contribution < -0.4 is 5.73 Å². The predicted octanol–water partition coefficient (Wildman–Crippen LogP) is 1.33. The van der Waals surface area contributed by atoms with Crippen molar-refractivity contribution in [3.63, 3.8) is 0 Å². The van der Waals surface area contributed by atoms with Crippen molar-refractivity contribution in [2.75, 3.05) is 0 Å². The summed E-state index contributed by atoms with van der Waals surface area (Å²) in [5.74, 6) is -1.19. The molecule has 93 valence electrons. The molecule has 2 aromatic rings. The molecule has 1 radical (unpaired) electrons. The standard InChI is InChI=1S/C11H8NO5S/c12-11(14)10-5-8(18(15,16)17)4-6-3-7(13)1-2-9(6)10/h1-5H,(H2,12,14)(H,15,16,17). The summed E-state index contributed by atoms with van der Waals surface area (Å²) >= 11 is 0. The van der Waals surface area contributed by atoms with Gasteiger partial charge in [0, 0.05) is 5.56 Å². The lowest BCUT2D eigenvalue weighted by Crippen LogP contribution is -2.12. The van der Waals surface area contributed by atoms with Gasteiger partial charge in [0.05, 0.1) is 4.90 Å². The Bertz CT molecular complexity index is 751. The van der Waals surface area contributed by atoms with Gasteiger partial charge in [-0.05, 0) is 41.1 Å². The number of carbonyl (C=O) groups excluding carboxylic acids is 1. The van der Waals surface area contributed by atoms with E-state index in [-0.39, 0.29) is 16.7 Å². The Balaban J connectivity index is 2.92. The molecule has 2 rings (SSSR count). The highest BCUT2D eigenvalue weighted by Crippen LogP contribution is 2.26. The van der Waals surface area contributed by atoms with Crippen LogP contribution in [0.25, 0.3) is 10.8 Å². The summed E-state index contributed by atoms with van der Waals surface area (Å²) in [7, 11) is -4.47. The van der Waals surface area contributed by atoms with Crippen molar-refractivity contribution < 1.29 is 22.9 Å². The number of amides is 1. The van der Waals surface area contributed by atoms with Crippen molar-refractivity contribution in [3.05, 3.63) is 35.9 Å². The summed E-state index contributed by atoms with van der Waals surface area (Å²) < 4.78 is 31.1. The Morgan fingerprint density at radius 2 is 1.83 bits per heavy atom. The molecule has 6 nitrogen and oxygen atoms in total. The number of nitrogens with two attached hydrogens (primary N) is 1. The van der Waals surface area contributed by atoms with Crippen molar-refractivity contribution >= 4 is 26.8 Å². The zero-order chi connectivity index (χ0) is 13.5. The predicted molar refractivity (Wildman–Crippen MR) is 62.4 cm³/mol. The molecular weight excluding hydrogens is 258 g/mol. The third-order valence-electron chi connectivity index (χ3n) is 2.46. The molecule has 0 bridgehead atoms. The van der Waals surface area contributed by atoms with Crippen molar-refractivity contribution in [2.24, 2.45) is 5.73 Å². The molecular formula is C11H8NO5S. The molecule has 18 heavy (non-hydrogen) atoms. The van der Waals surface area contributed by atoms with E-state index in [0.29, 0.717) is 5.39 Å². The number of rotatable bonds is 2. The summed E-state index contributed by atoms with van der Waals surface area (Å²) in [6, 6.07) is 5.87. The molecule has 7 heteroatoms. The van der Waals surface area contributed by atoms with E-state index in [1.54, 1.807) is 0 Å². The van der Waals surface area contributed by atoms with Gasteiger partial charge in [0.2, 0.25) is 5.91 Å². The largest absolute Gasteiger partial charge is 0.366 e. The average Bonchev–Trinajstić information content (AvgIpc) is 2.25. The van der Waals surface area contributed by atoms with Gasteiger partial charge in [-0.3, -0.25) is 14.5 Å². The fourth-order valence-corrected chi connectivity index (χ4v) is 2.22. The smallest absolute Gasteiger partial charge is 0.294 e. The Kier molecular flexibility index (Phi) is 2.72. The Hall–Kier alpha value is -2.12. The molecule has 1 amide bonds. The van der Waals surface area contributed by atoms with Gasteiger partial charge < -0.3 is 5.73 Å². The molecule has 0 unspecified atom stereocenters. The fraction of sp³-hybridized carbons (Fsp3) is 0. The van der Waals surface area contributed by atoms with Crippen LogP contribution in [0.1, 0.15) is 10.4 Å². The number of fused-ring (bicyclic) bond motifs is 1. The summed E-state index contributed by atoms with van der Waals surface area (Å²) in [6.07, 6.45) is 0. The van der Waals surface area contributed by atoms with E-state index in [2.05, 4.69) is 0 Å². The fourth-order valence-electron chi connectivity index (χ4n) is 1.67. The van der Waals surface area contributed by atoms with E-state index in [1.807, 2.05) is 0 Å². The number of carbonyl (C=O) groups is 1. The lowest BCUT2D eigenvalue weighted by molar-refractivity contribution is 0.100. The van der Waals surface area contributed by atoms with Crippen LogP contribution >= 0.6 is 0 Å². The van der Waals surface area contributed by atoms with Crippen molar-refractivity contribution in [1.82, 2.24) is 0 Å². The van der Waals surface area contributed by atoms with E-state index < -0.39 is 20.9 Å². The molecule has 2 aromatic carbocycles. The average molecular weight is 266 g/mol. The molecule has 3 N–H and O–H groups in total. The molecule has 0 aliphatic carbocycles. The van der Waals surface area contributed by atoms with Crippen LogP contribution in [0.3, 0.4) is 0 Å². The number of primary amides is 1. The minimum atomic E-state index is -4.47. The highest BCUT2D eigenvalue weighted by molar-refractivity contribution is 7.85. The van der Waals surface area contributed by atoms with Crippen LogP contribution in [-0.4, -0.2) is 18.9 Å². The maximum atomic E-state index is 11.2. The maximum absolute atomic E-state index is 11.2. The van der Waals surface area contributed by atoms with Crippen molar-refractivity contribution in [3.8, 4) is 5.75 Å². The molecule has 0 fully saturated rings. The molecule has 0 saturated heterocycles. The molecule has 0 heterocycles. The first-order chi connectivity index (χ1) is 8.29. The van der Waals surface area contributed by atoms with Crippen molar-refractivity contribution in [2.45, 2.75) is 4.90 Å².